The summed E-state index contributed by atoms with van der Waals surface area (Å²) in [4.78, 5) is 12.3. The van der Waals surface area contributed by atoms with E-state index in [1.54, 1.807) is 11.9 Å². The summed E-state index contributed by atoms with van der Waals surface area (Å²) in [5, 5.41) is 11.5. The molecule has 0 aliphatic rings. The molecule has 0 bridgehead atoms. The van der Waals surface area contributed by atoms with Crippen molar-refractivity contribution in [1.29, 1.82) is 0 Å². The number of anilines is 1. The summed E-state index contributed by atoms with van der Waals surface area (Å²) in [5.74, 6) is 0. The van der Waals surface area contributed by atoms with Gasteiger partial charge in [0.25, 0.3) is 0 Å². The Morgan fingerprint density at radius 3 is 2.50 bits per heavy atom. The van der Waals surface area contributed by atoms with Crippen LogP contribution in [0.2, 0.25) is 0 Å². The summed E-state index contributed by atoms with van der Waals surface area (Å²) >= 11 is 0.924. The number of aryl methyl sites for hydroxylation is 1. The van der Waals surface area contributed by atoms with Crippen LogP contribution in [0.1, 0.15) is 11.1 Å². The Morgan fingerprint density at radius 2 is 1.95 bits per heavy atom. The van der Waals surface area contributed by atoms with Gasteiger partial charge in [-0.3, -0.25) is 10.1 Å². The van der Waals surface area contributed by atoms with Gasteiger partial charge in [0.2, 0.25) is 0 Å². The molecular formula is C14H16N2O4S2. The molecule has 8 heteroatoms. The third kappa shape index (κ3) is 3.45. The van der Waals surface area contributed by atoms with Crippen LogP contribution in [0.4, 0.5) is 10.7 Å². The van der Waals surface area contributed by atoms with Crippen molar-refractivity contribution in [3.8, 4) is 0 Å². The van der Waals surface area contributed by atoms with E-state index in [-0.39, 0.29) is 9.90 Å². The van der Waals surface area contributed by atoms with Crippen molar-refractivity contribution in [2.45, 2.75) is 17.7 Å². The van der Waals surface area contributed by atoms with Gasteiger partial charge in [0.1, 0.15) is 4.21 Å². The Morgan fingerprint density at radius 1 is 1.32 bits per heavy atom. The summed E-state index contributed by atoms with van der Waals surface area (Å²) in [5.41, 5.74) is 1.94. The lowest BCUT2D eigenvalue weighted by Gasteiger charge is -2.18. The van der Waals surface area contributed by atoms with Crippen molar-refractivity contribution in [3.05, 3.63) is 51.6 Å². The molecule has 0 spiro atoms. The summed E-state index contributed by atoms with van der Waals surface area (Å²) in [6, 6.07) is 8.87. The van der Waals surface area contributed by atoms with Gasteiger partial charge in [-0.15, -0.1) is 0 Å². The Bertz CT molecular complexity index is 812. The van der Waals surface area contributed by atoms with Gasteiger partial charge in [-0.25, -0.2) is 8.42 Å². The lowest BCUT2D eigenvalue weighted by molar-refractivity contribution is -0.383. The maximum atomic E-state index is 11.6. The molecule has 0 amide bonds. The average molecular weight is 340 g/mol. The maximum Gasteiger partial charge on any atom is 0.305 e. The number of nitrogens with zero attached hydrogens (tertiary/aromatic N) is 2. The second kappa shape index (κ2) is 6.05. The molecule has 1 aromatic carbocycles. The highest BCUT2D eigenvalue weighted by Crippen LogP contribution is 2.39. The maximum absolute atomic E-state index is 11.6. The van der Waals surface area contributed by atoms with Crippen molar-refractivity contribution in [2.24, 2.45) is 0 Å². The third-order valence-electron chi connectivity index (χ3n) is 3.25. The number of thiophene rings is 1. The summed E-state index contributed by atoms with van der Waals surface area (Å²) < 4.78 is 23.3. The highest BCUT2D eigenvalue weighted by molar-refractivity contribution is 7.92. The second-order valence-corrected chi connectivity index (χ2v) is 8.34. The van der Waals surface area contributed by atoms with Gasteiger partial charge in [-0.1, -0.05) is 35.6 Å². The zero-order valence-electron chi connectivity index (χ0n) is 12.4. The van der Waals surface area contributed by atoms with Crippen LogP contribution < -0.4 is 4.90 Å². The first-order valence-corrected chi connectivity index (χ1v) is 9.15. The van der Waals surface area contributed by atoms with E-state index < -0.39 is 14.8 Å². The normalized spacial score (nSPS) is 11.4. The van der Waals surface area contributed by atoms with Crippen LogP contribution in [0.3, 0.4) is 0 Å². The molecule has 0 saturated carbocycles. The zero-order chi connectivity index (χ0) is 16.5. The Hall–Kier alpha value is -1.93. The largest absolute Gasteiger partial charge is 0.356 e. The molecule has 118 valence electrons. The van der Waals surface area contributed by atoms with E-state index in [2.05, 4.69) is 0 Å². The number of hydrogen-bond acceptors (Lipinski definition) is 6. The molecule has 0 N–H and O–H groups in total. The van der Waals surface area contributed by atoms with Crippen molar-refractivity contribution < 1.29 is 13.3 Å². The molecule has 0 aliphatic carbocycles. The van der Waals surface area contributed by atoms with Crippen LogP contribution in [0.5, 0.6) is 0 Å². The second-order valence-electron chi connectivity index (χ2n) is 5.07. The molecule has 2 rings (SSSR count). The number of nitro groups is 1. The first-order valence-electron chi connectivity index (χ1n) is 6.44. The monoisotopic (exact) mass is 340 g/mol. The first kappa shape index (κ1) is 16.4. The fourth-order valence-electron chi connectivity index (χ4n) is 2.05. The van der Waals surface area contributed by atoms with E-state index in [0.717, 1.165) is 34.8 Å². The van der Waals surface area contributed by atoms with E-state index in [0.29, 0.717) is 11.5 Å². The minimum atomic E-state index is -3.47. The van der Waals surface area contributed by atoms with Gasteiger partial charge in [0, 0.05) is 25.9 Å². The van der Waals surface area contributed by atoms with Crippen LogP contribution in [0.15, 0.2) is 34.5 Å². The molecule has 0 saturated heterocycles. The summed E-state index contributed by atoms with van der Waals surface area (Å²) in [6.07, 6.45) is 1.05. The van der Waals surface area contributed by atoms with Crippen LogP contribution in [0, 0.1) is 17.0 Å². The molecule has 0 atom stereocenters. The standard InChI is InChI=1S/C14H16N2O4S2/c1-10-6-4-5-7-11(10)9-15(2)14-12(16(17)18)8-13(21-14)22(3,19)20/h4-8H,9H2,1-3H3. The molecule has 6 nitrogen and oxygen atoms in total. The van der Waals surface area contributed by atoms with Gasteiger partial charge >= 0.3 is 5.69 Å². The first-order chi connectivity index (χ1) is 10.2. The highest BCUT2D eigenvalue weighted by Gasteiger charge is 2.26. The van der Waals surface area contributed by atoms with Gasteiger partial charge in [0.15, 0.2) is 14.8 Å². The fourth-order valence-corrected chi connectivity index (χ4v) is 4.04. The lowest BCUT2D eigenvalue weighted by Crippen LogP contribution is -2.16. The van der Waals surface area contributed by atoms with Crippen molar-refractivity contribution >= 4 is 31.9 Å². The van der Waals surface area contributed by atoms with E-state index in [1.807, 2.05) is 31.2 Å². The predicted octanol–water partition coefficient (Wildman–Crippen LogP) is 3.00. The molecule has 1 aromatic heterocycles. The molecular weight excluding hydrogens is 324 g/mol. The smallest absolute Gasteiger partial charge is 0.305 e. The van der Waals surface area contributed by atoms with Crippen molar-refractivity contribution in [2.75, 3.05) is 18.2 Å². The fraction of sp³-hybridized carbons (Fsp3) is 0.286. The zero-order valence-corrected chi connectivity index (χ0v) is 14.1. The summed E-state index contributed by atoms with van der Waals surface area (Å²) in [6.45, 7) is 2.44. The number of benzene rings is 1. The molecule has 2 aromatic rings. The van der Waals surface area contributed by atoms with Crippen molar-refractivity contribution in [3.63, 3.8) is 0 Å². The van der Waals surface area contributed by atoms with Crippen LogP contribution in [0.25, 0.3) is 0 Å². The van der Waals surface area contributed by atoms with E-state index in [1.165, 1.54) is 0 Å². The van der Waals surface area contributed by atoms with Gasteiger partial charge in [-0.2, -0.15) is 0 Å². The molecule has 0 aliphatic heterocycles. The van der Waals surface area contributed by atoms with Crippen molar-refractivity contribution in [1.82, 2.24) is 0 Å². The van der Waals surface area contributed by atoms with E-state index in [4.69, 9.17) is 0 Å². The molecule has 0 fully saturated rings. The number of sulfone groups is 1. The highest BCUT2D eigenvalue weighted by atomic mass is 32.2. The van der Waals surface area contributed by atoms with E-state index >= 15 is 0 Å². The molecule has 0 radical (unpaired) electrons. The molecule has 0 unspecified atom stereocenters. The topological polar surface area (TPSA) is 80.5 Å². The molecule has 22 heavy (non-hydrogen) atoms. The third-order valence-corrected chi connectivity index (χ3v) is 6.29. The van der Waals surface area contributed by atoms with Gasteiger partial charge < -0.3 is 4.90 Å². The predicted molar refractivity (Wildman–Crippen MR) is 87.4 cm³/mol. The Kier molecular flexibility index (Phi) is 4.52. The minimum Gasteiger partial charge on any atom is -0.356 e. The number of rotatable bonds is 5. The van der Waals surface area contributed by atoms with Crippen LogP contribution >= 0.6 is 11.3 Å². The summed E-state index contributed by atoms with van der Waals surface area (Å²) in [7, 11) is -1.75. The lowest BCUT2D eigenvalue weighted by atomic mass is 10.1. The SMILES string of the molecule is Cc1ccccc1CN(C)c1sc(S(C)(=O)=O)cc1[N+](=O)[O-]. The average Bonchev–Trinajstić information content (AvgIpc) is 2.86. The van der Waals surface area contributed by atoms with Gasteiger partial charge in [0.05, 0.1) is 4.92 Å². The quantitative estimate of drug-likeness (QED) is 0.617. The van der Waals surface area contributed by atoms with Crippen LogP contribution in [-0.2, 0) is 16.4 Å². The Balaban J connectivity index is 2.41. The number of hydrogen-bond donors (Lipinski definition) is 0. The van der Waals surface area contributed by atoms with E-state index in [9.17, 15) is 18.5 Å². The minimum absolute atomic E-state index is 0.00540. The van der Waals surface area contributed by atoms with Crippen LogP contribution in [-0.4, -0.2) is 26.6 Å². The molecule has 1 heterocycles. The van der Waals surface area contributed by atoms with Gasteiger partial charge in [-0.05, 0) is 18.1 Å². The Labute approximate surface area is 133 Å².